The maximum absolute atomic E-state index is 12.3. The maximum atomic E-state index is 12.3. The highest BCUT2D eigenvalue weighted by atomic mass is 16.5. The van der Waals surface area contributed by atoms with Crippen LogP contribution in [0.2, 0.25) is 0 Å². The molecule has 1 heterocycles. The molecule has 0 bridgehead atoms. The first-order valence-corrected chi connectivity index (χ1v) is 6.81. The second-order valence-electron chi connectivity index (χ2n) is 5.73. The molecular weight excluding hydrogens is 244 g/mol. The van der Waals surface area contributed by atoms with Crippen LogP contribution in [-0.4, -0.2) is 22.6 Å². The summed E-state index contributed by atoms with van der Waals surface area (Å²) in [6.07, 6.45) is 10.4. The molecule has 102 valence electrons. The Kier molecular flexibility index (Phi) is 2.92. The average molecular weight is 262 g/mol. The SMILES string of the molecule is COC(=O)c1nccn(C2CCC3(CCC3)C2)c1=O. The molecule has 2 fully saturated rings. The van der Waals surface area contributed by atoms with E-state index in [1.54, 1.807) is 10.8 Å². The predicted octanol–water partition coefficient (Wildman–Crippen LogP) is 1.93. The Labute approximate surface area is 111 Å². The Morgan fingerprint density at radius 2 is 2.26 bits per heavy atom. The third-order valence-electron chi connectivity index (χ3n) is 4.73. The molecule has 0 aromatic carbocycles. The lowest BCUT2D eigenvalue weighted by Gasteiger charge is -2.38. The minimum atomic E-state index is -0.657. The van der Waals surface area contributed by atoms with Crippen molar-refractivity contribution in [1.82, 2.24) is 9.55 Å². The summed E-state index contributed by atoms with van der Waals surface area (Å²) in [5, 5.41) is 0. The van der Waals surface area contributed by atoms with Gasteiger partial charge < -0.3 is 9.30 Å². The number of esters is 1. The van der Waals surface area contributed by atoms with Crippen molar-refractivity contribution in [2.45, 2.75) is 44.6 Å². The van der Waals surface area contributed by atoms with Crippen molar-refractivity contribution in [2.75, 3.05) is 7.11 Å². The number of nitrogens with zero attached hydrogens (tertiary/aromatic N) is 2. The van der Waals surface area contributed by atoms with Gasteiger partial charge in [-0.15, -0.1) is 0 Å². The summed E-state index contributed by atoms with van der Waals surface area (Å²) < 4.78 is 6.27. The Morgan fingerprint density at radius 1 is 1.47 bits per heavy atom. The molecule has 5 heteroatoms. The van der Waals surface area contributed by atoms with Crippen LogP contribution in [0.15, 0.2) is 17.2 Å². The fourth-order valence-electron chi connectivity index (χ4n) is 3.49. The smallest absolute Gasteiger partial charge is 0.362 e. The van der Waals surface area contributed by atoms with Crippen molar-refractivity contribution in [3.8, 4) is 0 Å². The van der Waals surface area contributed by atoms with Gasteiger partial charge in [0.15, 0.2) is 0 Å². The van der Waals surface area contributed by atoms with E-state index in [9.17, 15) is 9.59 Å². The van der Waals surface area contributed by atoms with Gasteiger partial charge in [0.05, 0.1) is 7.11 Å². The van der Waals surface area contributed by atoms with Crippen LogP contribution in [0.3, 0.4) is 0 Å². The first-order chi connectivity index (χ1) is 9.15. The van der Waals surface area contributed by atoms with E-state index in [1.807, 2.05) is 0 Å². The van der Waals surface area contributed by atoms with E-state index < -0.39 is 5.97 Å². The quantitative estimate of drug-likeness (QED) is 0.764. The van der Waals surface area contributed by atoms with Gasteiger partial charge >= 0.3 is 5.97 Å². The minimum Gasteiger partial charge on any atom is -0.464 e. The summed E-state index contributed by atoms with van der Waals surface area (Å²) in [6.45, 7) is 0. The van der Waals surface area contributed by atoms with Gasteiger partial charge in [0.25, 0.3) is 5.56 Å². The van der Waals surface area contributed by atoms with Crippen molar-refractivity contribution >= 4 is 5.97 Å². The van der Waals surface area contributed by atoms with Crippen LogP contribution in [0.4, 0.5) is 0 Å². The number of hydrogen-bond acceptors (Lipinski definition) is 4. The van der Waals surface area contributed by atoms with Crippen LogP contribution in [0, 0.1) is 5.41 Å². The Balaban J connectivity index is 1.89. The molecule has 3 rings (SSSR count). The molecule has 1 aromatic rings. The molecule has 2 aliphatic carbocycles. The van der Waals surface area contributed by atoms with Gasteiger partial charge in [-0.1, -0.05) is 6.42 Å². The van der Waals surface area contributed by atoms with Crippen LogP contribution in [0.25, 0.3) is 0 Å². The highest BCUT2D eigenvalue weighted by molar-refractivity contribution is 5.86. The summed E-state index contributed by atoms with van der Waals surface area (Å²) in [5.74, 6) is -0.657. The molecule has 1 atom stereocenters. The lowest BCUT2D eigenvalue weighted by molar-refractivity contribution is 0.0590. The summed E-state index contributed by atoms with van der Waals surface area (Å²) >= 11 is 0. The molecule has 2 aliphatic rings. The van der Waals surface area contributed by atoms with E-state index in [4.69, 9.17) is 0 Å². The Hall–Kier alpha value is -1.65. The van der Waals surface area contributed by atoms with Gasteiger partial charge in [0.1, 0.15) is 0 Å². The first kappa shape index (κ1) is 12.4. The summed E-state index contributed by atoms with van der Waals surface area (Å²) in [4.78, 5) is 27.6. The normalized spacial score (nSPS) is 24.2. The molecule has 1 spiro atoms. The predicted molar refractivity (Wildman–Crippen MR) is 69.0 cm³/mol. The number of ether oxygens (including phenoxy) is 1. The van der Waals surface area contributed by atoms with Gasteiger partial charge in [-0.25, -0.2) is 9.78 Å². The van der Waals surface area contributed by atoms with Gasteiger partial charge in [-0.3, -0.25) is 4.79 Å². The second kappa shape index (κ2) is 4.47. The zero-order valence-electron chi connectivity index (χ0n) is 11.1. The maximum Gasteiger partial charge on any atom is 0.362 e. The van der Waals surface area contributed by atoms with Crippen molar-refractivity contribution < 1.29 is 9.53 Å². The third kappa shape index (κ3) is 1.97. The van der Waals surface area contributed by atoms with E-state index in [2.05, 4.69) is 9.72 Å². The van der Waals surface area contributed by atoms with Crippen LogP contribution in [0.1, 0.15) is 55.1 Å². The van der Waals surface area contributed by atoms with Crippen molar-refractivity contribution in [3.63, 3.8) is 0 Å². The number of rotatable bonds is 2. The lowest BCUT2D eigenvalue weighted by atomic mass is 9.67. The fraction of sp³-hybridized carbons (Fsp3) is 0.643. The molecule has 19 heavy (non-hydrogen) atoms. The van der Waals surface area contributed by atoms with Gasteiger partial charge in [0.2, 0.25) is 5.69 Å². The van der Waals surface area contributed by atoms with E-state index in [0.29, 0.717) is 5.41 Å². The molecule has 0 N–H and O–H groups in total. The standard InChI is InChI=1S/C14H18N2O3/c1-19-13(18)11-12(17)16(8-7-15-11)10-3-6-14(9-10)4-2-5-14/h7-8,10H,2-6,9H2,1H3. The molecule has 1 unspecified atom stereocenters. The third-order valence-corrected chi connectivity index (χ3v) is 4.73. The van der Waals surface area contributed by atoms with E-state index in [-0.39, 0.29) is 17.3 Å². The molecule has 0 aliphatic heterocycles. The number of methoxy groups -OCH3 is 1. The molecule has 2 saturated carbocycles. The van der Waals surface area contributed by atoms with Gasteiger partial charge in [-0.2, -0.15) is 0 Å². The van der Waals surface area contributed by atoms with E-state index in [1.165, 1.54) is 39.0 Å². The number of aromatic nitrogens is 2. The fourth-order valence-corrected chi connectivity index (χ4v) is 3.49. The van der Waals surface area contributed by atoms with E-state index >= 15 is 0 Å². The Morgan fingerprint density at radius 3 is 2.84 bits per heavy atom. The summed E-state index contributed by atoms with van der Waals surface area (Å²) in [7, 11) is 1.26. The van der Waals surface area contributed by atoms with Crippen LogP contribution < -0.4 is 5.56 Å². The van der Waals surface area contributed by atoms with Gasteiger partial charge in [0, 0.05) is 18.4 Å². The number of carbonyl (C=O) groups excluding carboxylic acids is 1. The molecular formula is C14H18N2O3. The van der Waals surface area contributed by atoms with Crippen LogP contribution in [0.5, 0.6) is 0 Å². The van der Waals surface area contributed by atoms with Crippen LogP contribution in [-0.2, 0) is 4.74 Å². The molecule has 5 nitrogen and oxygen atoms in total. The van der Waals surface area contributed by atoms with Crippen molar-refractivity contribution in [3.05, 3.63) is 28.4 Å². The first-order valence-electron chi connectivity index (χ1n) is 6.81. The average Bonchev–Trinajstić information content (AvgIpc) is 2.83. The highest BCUT2D eigenvalue weighted by Crippen LogP contribution is 2.56. The number of hydrogen-bond donors (Lipinski definition) is 0. The monoisotopic (exact) mass is 262 g/mol. The summed E-state index contributed by atoms with van der Waals surface area (Å²) in [5.41, 5.74) is 0.0361. The van der Waals surface area contributed by atoms with Crippen molar-refractivity contribution in [1.29, 1.82) is 0 Å². The Bertz CT molecular complexity index is 560. The lowest BCUT2D eigenvalue weighted by Crippen LogP contribution is -2.31. The zero-order valence-corrected chi connectivity index (χ0v) is 11.1. The topological polar surface area (TPSA) is 61.2 Å². The second-order valence-corrected chi connectivity index (χ2v) is 5.73. The minimum absolute atomic E-state index is 0.112. The largest absolute Gasteiger partial charge is 0.464 e. The highest BCUT2D eigenvalue weighted by Gasteiger charge is 2.44. The van der Waals surface area contributed by atoms with Crippen LogP contribution >= 0.6 is 0 Å². The van der Waals surface area contributed by atoms with Gasteiger partial charge in [-0.05, 0) is 37.5 Å². The molecule has 0 radical (unpaired) electrons. The molecule has 0 saturated heterocycles. The molecule has 1 aromatic heterocycles. The number of carbonyl (C=O) groups is 1. The molecule has 0 amide bonds. The summed E-state index contributed by atoms with van der Waals surface area (Å²) in [6, 6.07) is 0.208. The van der Waals surface area contributed by atoms with E-state index in [0.717, 1.165) is 12.8 Å². The van der Waals surface area contributed by atoms with Crippen molar-refractivity contribution in [2.24, 2.45) is 5.41 Å². The zero-order chi connectivity index (χ0) is 13.5.